The van der Waals surface area contributed by atoms with E-state index in [2.05, 4.69) is 17.1 Å². The summed E-state index contributed by atoms with van der Waals surface area (Å²) in [6.45, 7) is 5.53. The van der Waals surface area contributed by atoms with Crippen LogP contribution < -0.4 is 0 Å². The summed E-state index contributed by atoms with van der Waals surface area (Å²) in [6.07, 6.45) is 0. The first-order chi connectivity index (χ1) is 8.58. The van der Waals surface area contributed by atoms with Crippen LogP contribution in [0.25, 0.3) is 0 Å². The van der Waals surface area contributed by atoms with E-state index >= 15 is 0 Å². The van der Waals surface area contributed by atoms with Gasteiger partial charge in [0.2, 0.25) is 0 Å². The van der Waals surface area contributed by atoms with E-state index in [1.165, 1.54) is 0 Å². The van der Waals surface area contributed by atoms with Gasteiger partial charge in [-0.25, -0.2) is 0 Å². The van der Waals surface area contributed by atoms with Crippen LogP contribution >= 0.6 is 11.6 Å². The summed E-state index contributed by atoms with van der Waals surface area (Å²) in [4.78, 5) is 2.20. The molecule has 0 atom stereocenters. The van der Waals surface area contributed by atoms with Gasteiger partial charge in [0.15, 0.2) is 0 Å². The lowest BCUT2D eigenvalue weighted by Crippen LogP contribution is -2.18. The summed E-state index contributed by atoms with van der Waals surface area (Å²) in [5.74, 6) is 0.888. The van der Waals surface area contributed by atoms with E-state index in [0.717, 1.165) is 40.7 Å². The van der Waals surface area contributed by atoms with Crippen molar-refractivity contribution in [1.82, 2.24) is 10.1 Å². The van der Waals surface area contributed by atoms with Gasteiger partial charge in [0.25, 0.3) is 0 Å². The van der Waals surface area contributed by atoms with Gasteiger partial charge >= 0.3 is 0 Å². The Morgan fingerprint density at radius 1 is 1.22 bits per heavy atom. The predicted octanol–water partition coefficient (Wildman–Crippen LogP) is 3.58. The SMILES string of the molecule is Cc1noc(C)c1CN(C)Cc1ccccc1Cl. The average Bonchev–Trinajstić information content (AvgIpc) is 2.64. The van der Waals surface area contributed by atoms with Crippen molar-refractivity contribution in [2.24, 2.45) is 0 Å². The number of hydrogen-bond acceptors (Lipinski definition) is 3. The van der Waals surface area contributed by atoms with Gasteiger partial charge in [-0.1, -0.05) is 35.0 Å². The zero-order valence-electron chi connectivity index (χ0n) is 10.9. The smallest absolute Gasteiger partial charge is 0.138 e. The number of nitrogens with zero attached hydrogens (tertiary/aromatic N) is 2. The summed E-state index contributed by atoms with van der Waals surface area (Å²) >= 11 is 6.16. The molecule has 0 fully saturated rings. The minimum atomic E-state index is 0.808. The maximum Gasteiger partial charge on any atom is 0.138 e. The van der Waals surface area contributed by atoms with E-state index in [0.29, 0.717) is 0 Å². The number of hydrogen-bond donors (Lipinski definition) is 0. The summed E-state index contributed by atoms with van der Waals surface area (Å²) in [6, 6.07) is 7.91. The molecule has 2 rings (SSSR count). The Kier molecular flexibility index (Phi) is 4.04. The molecule has 2 aromatic rings. The van der Waals surface area contributed by atoms with Gasteiger partial charge in [-0.3, -0.25) is 4.90 Å². The monoisotopic (exact) mass is 264 g/mol. The van der Waals surface area contributed by atoms with Crippen LogP contribution in [-0.4, -0.2) is 17.1 Å². The van der Waals surface area contributed by atoms with Crippen molar-refractivity contribution in [3.05, 3.63) is 51.9 Å². The molecule has 0 amide bonds. The predicted molar refractivity (Wildman–Crippen MR) is 72.6 cm³/mol. The van der Waals surface area contributed by atoms with E-state index in [1.54, 1.807) is 0 Å². The largest absolute Gasteiger partial charge is 0.361 e. The fourth-order valence-corrected chi connectivity index (χ4v) is 2.17. The molecule has 1 heterocycles. The van der Waals surface area contributed by atoms with Crippen LogP contribution in [0, 0.1) is 13.8 Å². The van der Waals surface area contributed by atoms with Crippen molar-refractivity contribution in [1.29, 1.82) is 0 Å². The number of halogens is 1. The Morgan fingerprint density at radius 3 is 2.56 bits per heavy atom. The normalized spacial score (nSPS) is 11.2. The van der Waals surface area contributed by atoms with Crippen LogP contribution in [0.4, 0.5) is 0 Å². The molecule has 18 heavy (non-hydrogen) atoms. The van der Waals surface area contributed by atoms with Crippen LogP contribution in [0.15, 0.2) is 28.8 Å². The standard InChI is InChI=1S/C14H17ClN2O/c1-10-13(11(2)18-16-10)9-17(3)8-12-6-4-5-7-14(12)15/h4-7H,8-9H2,1-3H3. The van der Waals surface area contributed by atoms with Crippen LogP contribution in [0.3, 0.4) is 0 Å². The molecular formula is C14H17ClN2O. The van der Waals surface area contributed by atoms with Crippen LogP contribution in [-0.2, 0) is 13.1 Å². The zero-order valence-corrected chi connectivity index (χ0v) is 11.7. The third-order valence-corrected chi connectivity index (χ3v) is 3.38. The molecule has 3 nitrogen and oxygen atoms in total. The first-order valence-corrected chi connectivity index (χ1v) is 6.29. The molecule has 0 spiro atoms. The molecule has 4 heteroatoms. The van der Waals surface area contributed by atoms with Crippen molar-refractivity contribution in [3.8, 4) is 0 Å². The van der Waals surface area contributed by atoms with Crippen LogP contribution in [0.5, 0.6) is 0 Å². The van der Waals surface area contributed by atoms with Crippen LogP contribution in [0.2, 0.25) is 5.02 Å². The molecule has 0 bridgehead atoms. The Hall–Kier alpha value is -1.32. The molecule has 0 aliphatic heterocycles. The number of benzene rings is 1. The Labute approximate surface area is 112 Å². The van der Waals surface area contributed by atoms with E-state index in [1.807, 2.05) is 38.1 Å². The Bertz CT molecular complexity index is 517. The molecule has 96 valence electrons. The van der Waals surface area contributed by atoms with Crippen LogP contribution in [0.1, 0.15) is 22.6 Å². The third kappa shape index (κ3) is 2.92. The summed E-state index contributed by atoms with van der Waals surface area (Å²) in [5, 5.41) is 4.77. The van der Waals surface area contributed by atoms with E-state index < -0.39 is 0 Å². The fraction of sp³-hybridized carbons (Fsp3) is 0.357. The topological polar surface area (TPSA) is 29.3 Å². The number of aryl methyl sites for hydroxylation is 2. The first kappa shape index (κ1) is 13.1. The van der Waals surface area contributed by atoms with Gasteiger partial charge in [0, 0.05) is 23.7 Å². The lowest BCUT2D eigenvalue weighted by Gasteiger charge is -2.17. The van der Waals surface area contributed by atoms with Crippen molar-refractivity contribution in [2.45, 2.75) is 26.9 Å². The highest BCUT2D eigenvalue weighted by Crippen LogP contribution is 2.19. The van der Waals surface area contributed by atoms with E-state index in [4.69, 9.17) is 16.1 Å². The molecule has 0 radical (unpaired) electrons. The van der Waals surface area contributed by atoms with Crippen molar-refractivity contribution < 1.29 is 4.52 Å². The van der Waals surface area contributed by atoms with Gasteiger partial charge in [-0.2, -0.15) is 0 Å². The number of rotatable bonds is 4. The maximum absolute atomic E-state index is 6.16. The van der Waals surface area contributed by atoms with Gasteiger partial charge in [0.1, 0.15) is 5.76 Å². The minimum Gasteiger partial charge on any atom is -0.361 e. The van der Waals surface area contributed by atoms with Crippen molar-refractivity contribution >= 4 is 11.6 Å². The molecule has 1 aromatic carbocycles. The summed E-state index contributed by atoms with van der Waals surface area (Å²) < 4.78 is 5.17. The minimum absolute atomic E-state index is 0.808. The highest BCUT2D eigenvalue weighted by molar-refractivity contribution is 6.31. The first-order valence-electron chi connectivity index (χ1n) is 5.91. The summed E-state index contributed by atoms with van der Waals surface area (Å²) in [7, 11) is 2.06. The second-order valence-electron chi connectivity index (χ2n) is 4.57. The van der Waals surface area contributed by atoms with Gasteiger partial charge in [0.05, 0.1) is 5.69 Å². The van der Waals surface area contributed by atoms with E-state index in [9.17, 15) is 0 Å². The van der Waals surface area contributed by atoms with Crippen molar-refractivity contribution in [2.75, 3.05) is 7.05 Å². The average molecular weight is 265 g/mol. The fourth-order valence-electron chi connectivity index (χ4n) is 1.97. The Morgan fingerprint density at radius 2 is 1.94 bits per heavy atom. The Balaban J connectivity index is 2.06. The molecule has 0 aliphatic carbocycles. The molecule has 0 unspecified atom stereocenters. The maximum atomic E-state index is 6.16. The highest BCUT2D eigenvalue weighted by Gasteiger charge is 2.12. The molecule has 1 aromatic heterocycles. The van der Waals surface area contributed by atoms with Gasteiger partial charge in [-0.05, 0) is 32.5 Å². The van der Waals surface area contributed by atoms with E-state index in [-0.39, 0.29) is 0 Å². The quantitative estimate of drug-likeness (QED) is 0.845. The number of aromatic nitrogens is 1. The van der Waals surface area contributed by atoms with Gasteiger partial charge < -0.3 is 4.52 Å². The molecular weight excluding hydrogens is 248 g/mol. The molecule has 0 N–H and O–H groups in total. The third-order valence-electron chi connectivity index (χ3n) is 3.01. The second-order valence-corrected chi connectivity index (χ2v) is 4.97. The van der Waals surface area contributed by atoms with Crippen molar-refractivity contribution in [3.63, 3.8) is 0 Å². The lowest BCUT2D eigenvalue weighted by atomic mass is 10.1. The lowest BCUT2D eigenvalue weighted by molar-refractivity contribution is 0.315. The molecule has 0 saturated carbocycles. The zero-order chi connectivity index (χ0) is 13.1. The molecule has 0 saturated heterocycles. The highest BCUT2D eigenvalue weighted by atomic mass is 35.5. The summed E-state index contributed by atoms with van der Waals surface area (Å²) in [5.41, 5.74) is 3.25. The second kappa shape index (κ2) is 5.55. The van der Waals surface area contributed by atoms with Gasteiger partial charge in [-0.15, -0.1) is 0 Å². The molecule has 0 aliphatic rings.